The molecule has 0 saturated carbocycles. The first-order chi connectivity index (χ1) is 10.0. The third-order valence-corrected chi connectivity index (χ3v) is 3.42. The van der Waals surface area contributed by atoms with E-state index in [1.165, 1.54) is 12.1 Å². The van der Waals surface area contributed by atoms with Crippen molar-refractivity contribution >= 4 is 29.2 Å². The quantitative estimate of drug-likeness (QED) is 0.670. The molecule has 1 N–H and O–H groups in total. The van der Waals surface area contributed by atoms with Crippen molar-refractivity contribution in [1.29, 1.82) is 0 Å². The van der Waals surface area contributed by atoms with Gasteiger partial charge in [-0.05, 0) is 37.0 Å². The lowest BCUT2D eigenvalue weighted by Crippen LogP contribution is -2.21. The van der Waals surface area contributed by atoms with E-state index in [2.05, 4.69) is 5.32 Å². The Labute approximate surface area is 126 Å². The van der Waals surface area contributed by atoms with Crippen LogP contribution in [0.5, 0.6) is 0 Å². The molecule has 0 saturated heterocycles. The molecule has 1 aromatic carbocycles. The molecular formula is C15H15ClFNO3. The summed E-state index contributed by atoms with van der Waals surface area (Å²) in [6.45, 7) is -0.386. The first-order valence-electron chi connectivity index (χ1n) is 6.62. The summed E-state index contributed by atoms with van der Waals surface area (Å²) < 4.78 is 17.8. The number of hydrogen-bond donors (Lipinski definition) is 1. The van der Waals surface area contributed by atoms with Crippen LogP contribution in [0.3, 0.4) is 0 Å². The van der Waals surface area contributed by atoms with Gasteiger partial charge in [0, 0.05) is 0 Å². The van der Waals surface area contributed by atoms with Gasteiger partial charge in [-0.15, -0.1) is 0 Å². The number of carbonyl (C=O) groups excluding carboxylic acids is 2. The van der Waals surface area contributed by atoms with Gasteiger partial charge >= 0.3 is 5.97 Å². The van der Waals surface area contributed by atoms with Gasteiger partial charge in [0.25, 0.3) is 5.91 Å². The van der Waals surface area contributed by atoms with Crippen molar-refractivity contribution in [3.63, 3.8) is 0 Å². The zero-order chi connectivity index (χ0) is 15.2. The Kier molecular flexibility index (Phi) is 5.33. The summed E-state index contributed by atoms with van der Waals surface area (Å²) in [5, 5.41) is 2.55. The summed E-state index contributed by atoms with van der Waals surface area (Å²) in [4.78, 5) is 23.2. The van der Waals surface area contributed by atoms with Gasteiger partial charge in [0.2, 0.25) is 0 Å². The first-order valence-corrected chi connectivity index (χ1v) is 6.99. The fraction of sp³-hybridized carbons (Fsp3) is 0.333. The van der Waals surface area contributed by atoms with Crippen LogP contribution < -0.4 is 5.32 Å². The molecule has 0 fully saturated rings. The number of nitrogens with one attached hydrogen (secondary N) is 1. The molecule has 0 spiro atoms. The monoisotopic (exact) mass is 311 g/mol. The molecule has 0 aromatic heterocycles. The Balaban J connectivity index is 1.76. The second kappa shape index (κ2) is 7.22. The van der Waals surface area contributed by atoms with Crippen LogP contribution in [0.25, 0.3) is 0 Å². The molecule has 1 aromatic rings. The first kappa shape index (κ1) is 15.5. The average Bonchev–Trinajstić information content (AvgIpc) is 2.92. The van der Waals surface area contributed by atoms with E-state index in [4.69, 9.17) is 16.3 Å². The molecule has 0 bridgehead atoms. The third kappa shape index (κ3) is 4.86. The highest BCUT2D eigenvalue weighted by atomic mass is 35.5. The fourth-order valence-corrected chi connectivity index (χ4v) is 2.28. The van der Waals surface area contributed by atoms with Crippen LogP contribution in [0.15, 0.2) is 30.4 Å². The largest absolute Gasteiger partial charge is 0.456 e. The van der Waals surface area contributed by atoms with Gasteiger partial charge in [0.1, 0.15) is 5.82 Å². The minimum absolute atomic E-state index is 0.0887. The van der Waals surface area contributed by atoms with Crippen molar-refractivity contribution in [3.8, 4) is 0 Å². The SMILES string of the molecule is O=C(COC(=O)C[C@@H]1C=CCC1)Nc1ccc(F)cc1Cl. The normalized spacial score (nSPS) is 16.8. The van der Waals surface area contributed by atoms with Crippen molar-refractivity contribution < 1.29 is 18.7 Å². The van der Waals surface area contributed by atoms with E-state index in [1.54, 1.807) is 0 Å². The van der Waals surface area contributed by atoms with E-state index in [0.29, 0.717) is 0 Å². The highest BCUT2D eigenvalue weighted by molar-refractivity contribution is 6.33. The smallest absolute Gasteiger partial charge is 0.306 e. The number of amides is 1. The molecule has 112 valence electrons. The summed E-state index contributed by atoms with van der Waals surface area (Å²) in [7, 11) is 0. The number of carbonyl (C=O) groups is 2. The number of halogens is 2. The summed E-state index contributed by atoms with van der Waals surface area (Å²) in [6, 6.07) is 3.62. The lowest BCUT2D eigenvalue weighted by Gasteiger charge is -2.09. The van der Waals surface area contributed by atoms with Crippen LogP contribution in [0, 0.1) is 11.7 Å². The topological polar surface area (TPSA) is 55.4 Å². The van der Waals surface area contributed by atoms with Crippen LogP contribution in [0.1, 0.15) is 19.3 Å². The lowest BCUT2D eigenvalue weighted by atomic mass is 10.1. The molecule has 1 atom stereocenters. The van der Waals surface area contributed by atoms with E-state index < -0.39 is 17.7 Å². The van der Waals surface area contributed by atoms with Crippen molar-refractivity contribution in [2.45, 2.75) is 19.3 Å². The van der Waals surface area contributed by atoms with Gasteiger partial charge in [-0.1, -0.05) is 23.8 Å². The Morgan fingerprint density at radius 1 is 1.43 bits per heavy atom. The summed E-state index contributed by atoms with van der Waals surface area (Å²) >= 11 is 5.78. The second-order valence-electron chi connectivity index (χ2n) is 4.80. The van der Waals surface area contributed by atoms with E-state index in [1.807, 2.05) is 12.2 Å². The maximum Gasteiger partial charge on any atom is 0.306 e. The van der Waals surface area contributed by atoms with Crippen LogP contribution in [-0.4, -0.2) is 18.5 Å². The molecule has 0 heterocycles. The van der Waals surface area contributed by atoms with E-state index in [9.17, 15) is 14.0 Å². The predicted molar refractivity (Wildman–Crippen MR) is 77.5 cm³/mol. The Bertz CT molecular complexity index is 574. The predicted octanol–water partition coefficient (Wildman–Crippen LogP) is 3.32. The molecule has 1 aliphatic rings. The zero-order valence-electron chi connectivity index (χ0n) is 11.3. The molecule has 4 nitrogen and oxygen atoms in total. The molecule has 6 heteroatoms. The van der Waals surface area contributed by atoms with Crippen LogP contribution in [0.4, 0.5) is 10.1 Å². The lowest BCUT2D eigenvalue weighted by molar-refractivity contribution is -0.147. The Morgan fingerprint density at radius 3 is 2.90 bits per heavy atom. The highest BCUT2D eigenvalue weighted by Crippen LogP contribution is 2.22. The molecule has 1 amide bonds. The summed E-state index contributed by atoms with van der Waals surface area (Å²) in [5.41, 5.74) is 0.276. The third-order valence-electron chi connectivity index (χ3n) is 3.11. The Morgan fingerprint density at radius 2 is 2.24 bits per heavy atom. The average molecular weight is 312 g/mol. The van der Waals surface area contributed by atoms with Crippen LogP contribution in [0.2, 0.25) is 5.02 Å². The van der Waals surface area contributed by atoms with Gasteiger partial charge in [-0.2, -0.15) is 0 Å². The standard InChI is InChI=1S/C15H15ClFNO3/c16-12-8-11(17)5-6-13(12)18-14(19)9-21-15(20)7-10-3-1-2-4-10/h1,3,5-6,8,10H,2,4,7,9H2,(H,18,19)/t10-/m1/s1. The molecule has 2 rings (SSSR count). The van der Waals surface area contributed by atoms with Crippen molar-refractivity contribution in [2.75, 3.05) is 11.9 Å². The molecular weight excluding hydrogens is 297 g/mol. The maximum absolute atomic E-state index is 12.9. The number of benzene rings is 1. The van der Waals surface area contributed by atoms with Gasteiger partial charge in [0.15, 0.2) is 6.61 Å². The number of hydrogen-bond acceptors (Lipinski definition) is 3. The number of esters is 1. The minimum atomic E-state index is -0.515. The number of anilines is 1. The minimum Gasteiger partial charge on any atom is -0.456 e. The van der Waals surface area contributed by atoms with E-state index >= 15 is 0 Å². The Hall–Kier alpha value is -1.88. The zero-order valence-corrected chi connectivity index (χ0v) is 12.0. The van der Waals surface area contributed by atoms with Gasteiger partial charge in [0.05, 0.1) is 17.1 Å². The van der Waals surface area contributed by atoms with Crippen molar-refractivity contribution in [3.05, 3.63) is 41.2 Å². The van der Waals surface area contributed by atoms with Gasteiger partial charge in [-0.3, -0.25) is 9.59 Å². The molecule has 0 aliphatic heterocycles. The molecule has 1 aliphatic carbocycles. The molecule has 21 heavy (non-hydrogen) atoms. The van der Waals surface area contributed by atoms with Crippen LogP contribution in [-0.2, 0) is 14.3 Å². The molecule has 0 radical (unpaired) electrons. The molecule has 0 unspecified atom stereocenters. The van der Waals surface area contributed by atoms with E-state index in [0.717, 1.165) is 18.9 Å². The van der Waals surface area contributed by atoms with Gasteiger partial charge < -0.3 is 10.1 Å². The number of allylic oxidation sites excluding steroid dienone is 2. The van der Waals surface area contributed by atoms with E-state index in [-0.39, 0.29) is 29.7 Å². The van der Waals surface area contributed by atoms with Crippen molar-refractivity contribution in [1.82, 2.24) is 0 Å². The van der Waals surface area contributed by atoms with Crippen molar-refractivity contribution in [2.24, 2.45) is 5.92 Å². The van der Waals surface area contributed by atoms with Gasteiger partial charge in [-0.25, -0.2) is 4.39 Å². The fourth-order valence-electron chi connectivity index (χ4n) is 2.06. The van der Waals surface area contributed by atoms with Crippen LogP contribution >= 0.6 is 11.6 Å². The highest BCUT2D eigenvalue weighted by Gasteiger charge is 2.16. The number of ether oxygens (including phenoxy) is 1. The number of rotatable bonds is 5. The second-order valence-corrected chi connectivity index (χ2v) is 5.21. The summed E-state index contributed by atoms with van der Waals surface area (Å²) in [5.74, 6) is -1.22. The maximum atomic E-state index is 12.9. The summed E-state index contributed by atoms with van der Waals surface area (Å²) in [6.07, 6.45) is 6.20.